The topological polar surface area (TPSA) is 98.0 Å². The van der Waals surface area contributed by atoms with E-state index >= 15 is 0 Å². The Balaban J connectivity index is 1.83. The summed E-state index contributed by atoms with van der Waals surface area (Å²) >= 11 is 0.854. The van der Waals surface area contributed by atoms with Crippen molar-refractivity contribution < 1.29 is 8.42 Å². The summed E-state index contributed by atoms with van der Waals surface area (Å²) in [5, 5.41) is 7.15. The third-order valence-corrected chi connectivity index (χ3v) is 5.01. The first-order valence-electron chi connectivity index (χ1n) is 5.70. The minimum Gasteiger partial charge on any atom is -0.374 e. The zero-order valence-corrected chi connectivity index (χ0v) is 11.7. The third kappa shape index (κ3) is 3.98. The van der Waals surface area contributed by atoms with Gasteiger partial charge in [-0.3, -0.25) is 0 Å². The summed E-state index contributed by atoms with van der Waals surface area (Å²) in [5.74, 6) is 0. The van der Waals surface area contributed by atoms with Crippen molar-refractivity contribution in [3.63, 3.8) is 0 Å². The van der Waals surface area contributed by atoms with Crippen LogP contribution in [0.25, 0.3) is 0 Å². The molecule has 8 heteroatoms. The number of nitrogens with zero attached hydrogens (tertiary/aromatic N) is 2. The van der Waals surface area contributed by atoms with Gasteiger partial charge in [0.2, 0.25) is 9.47 Å². The lowest BCUT2D eigenvalue weighted by Crippen LogP contribution is -2.25. The van der Waals surface area contributed by atoms with Gasteiger partial charge in [-0.05, 0) is 18.4 Å². The van der Waals surface area contributed by atoms with Crippen LogP contribution in [0.1, 0.15) is 12.0 Å². The average Bonchev–Trinajstić information content (AvgIpc) is 2.84. The fourth-order valence-electron chi connectivity index (χ4n) is 1.53. The summed E-state index contributed by atoms with van der Waals surface area (Å²) in [6.07, 6.45) is 1.54. The smallest absolute Gasteiger partial charge is 0.269 e. The predicted molar refractivity (Wildman–Crippen MR) is 74.3 cm³/mol. The van der Waals surface area contributed by atoms with E-state index in [-0.39, 0.29) is 9.47 Å². The molecule has 0 spiro atoms. The van der Waals surface area contributed by atoms with Crippen LogP contribution in [-0.2, 0) is 16.4 Å². The molecule has 1 aromatic carbocycles. The highest BCUT2D eigenvalue weighted by atomic mass is 32.2. The highest BCUT2D eigenvalue weighted by Crippen LogP contribution is 2.16. The Hall–Kier alpha value is -1.51. The molecular weight excluding hydrogens is 284 g/mol. The molecule has 0 unspecified atom stereocenters. The summed E-state index contributed by atoms with van der Waals surface area (Å²) in [6.45, 7) is 0.358. The van der Waals surface area contributed by atoms with Crippen LogP contribution in [-0.4, -0.2) is 25.2 Å². The van der Waals surface area contributed by atoms with Crippen LogP contribution in [0.15, 0.2) is 34.7 Å². The number of sulfonamides is 1. The van der Waals surface area contributed by atoms with Crippen molar-refractivity contribution in [3.8, 4) is 0 Å². The second kappa shape index (κ2) is 6.09. The maximum atomic E-state index is 11.8. The molecular formula is C11H14N4O2S2. The molecule has 0 aliphatic heterocycles. The van der Waals surface area contributed by atoms with Gasteiger partial charge in [0, 0.05) is 6.54 Å². The maximum Gasteiger partial charge on any atom is 0.269 e. The number of nitrogens with two attached hydrogens (primary N) is 1. The zero-order chi connectivity index (χ0) is 13.7. The van der Waals surface area contributed by atoms with Crippen LogP contribution < -0.4 is 10.5 Å². The van der Waals surface area contributed by atoms with Crippen molar-refractivity contribution >= 4 is 26.5 Å². The van der Waals surface area contributed by atoms with Gasteiger partial charge in [0.1, 0.15) is 0 Å². The van der Waals surface area contributed by atoms with Crippen molar-refractivity contribution in [2.45, 2.75) is 17.2 Å². The normalized spacial score (nSPS) is 11.6. The second-order valence-electron chi connectivity index (χ2n) is 3.89. The van der Waals surface area contributed by atoms with Crippen LogP contribution in [0.3, 0.4) is 0 Å². The molecule has 2 aromatic rings. The number of rotatable bonds is 6. The van der Waals surface area contributed by atoms with Gasteiger partial charge >= 0.3 is 0 Å². The monoisotopic (exact) mass is 298 g/mol. The Kier molecular flexibility index (Phi) is 4.46. The molecule has 19 heavy (non-hydrogen) atoms. The first-order chi connectivity index (χ1) is 9.08. The summed E-state index contributed by atoms with van der Waals surface area (Å²) < 4.78 is 26.0. The molecule has 3 N–H and O–H groups in total. The van der Waals surface area contributed by atoms with Gasteiger partial charge in [-0.25, -0.2) is 13.1 Å². The molecule has 0 aliphatic rings. The van der Waals surface area contributed by atoms with E-state index in [1.54, 1.807) is 0 Å². The molecule has 102 valence electrons. The van der Waals surface area contributed by atoms with E-state index in [1.807, 2.05) is 30.3 Å². The lowest BCUT2D eigenvalue weighted by atomic mass is 10.1. The molecule has 0 bridgehead atoms. The highest BCUT2D eigenvalue weighted by Gasteiger charge is 2.18. The van der Waals surface area contributed by atoms with Crippen LogP contribution in [0, 0.1) is 0 Å². The van der Waals surface area contributed by atoms with Gasteiger partial charge in [-0.15, -0.1) is 10.2 Å². The molecule has 0 saturated heterocycles. The number of anilines is 1. The van der Waals surface area contributed by atoms with E-state index in [0.717, 1.165) is 24.2 Å². The van der Waals surface area contributed by atoms with Crippen LogP contribution in [0.5, 0.6) is 0 Å². The van der Waals surface area contributed by atoms with E-state index in [1.165, 1.54) is 5.56 Å². The highest BCUT2D eigenvalue weighted by molar-refractivity contribution is 7.91. The number of nitrogen functional groups attached to an aromatic ring is 1. The number of hydrogen-bond acceptors (Lipinski definition) is 6. The fourth-order valence-corrected chi connectivity index (χ4v) is 3.43. The van der Waals surface area contributed by atoms with Gasteiger partial charge in [0.15, 0.2) is 0 Å². The van der Waals surface area contributed by atoms with Gasteiger partial charge in [0.25, 0.3) is 10.0 Å². The van der Waals surface area contributed by atoms with Gasteiger partial charge in [0.05, 0.1) is 0 Å². The van der Waals surface area contributed by atoms with Gasteiger partial charge < -0.3 is 5.73 Å². The number of nitrogens with one attached hydrogen (secondary N) is 1. The Labute approximate surface area is 115 Å². The van der Waals surface area contributed by atoms with Crippen molar-refractivity contribution in [2.24, 2.45) is 0 Å². The fraction of sp³-hybridized carbons (Fsp3) is 0.273. The summed E-state index contributed by atoms with van der Waals surface area (Å²) in [4.78, 5) is 0. The predicted octanol–water partition coefficient (Wildman–Crippen LogP) is 1.03. The minimum atomic E-state index is -3.58. The quantitative estimate of drug-likeness (QED) is 0.776. The van der Waals surface area contributed by atoms with Crippen molar-refractivity contribution in [3.05, 3.63) is 35.9 Å². The Morgan fingerprint density at radius 2 is 1.95 bits per heavy atom. The molecule has 0 saturated carbocycles. The van der Waals surface area contributed by atoms with E-state index in [4.69, 9.17) is 5.73 Å². The summed E-state index contributed by atoms with van der Waals surface area (Å²) in [5.41, 5.74) is 6.54. The Morgan fingerprint density at radius 3 is 2.58 bits per heavy atom. The van der Waals surface area contributed by atoms with Crippen LogP contribution >= 0.6 is 11.3 Å². The average molecular weight is 298 g/mol. The largest absolute Gasteiger partial charge is 0.374 e. The lowest BCUT2D eigenvalue weighted by molar-refractivity contribution is 0.577. The number of benzene rings is 1. The van der Waals surface area contributed by atoms with Gasteiger partial charge in [-0.2, -0.15) is 0 Å². The van der Waals surface area contributed by atoms with E-state index in [0.29, 0.717) is 6.54 Å². The molecule has 0 radical (unpaired) electrons. The summed E-state index contributed by atoms with van der Waals surface area (Å²) in [7, 11) is -3.58. The molecule has 0 aliphatic carbocycles. The van der Waals surface area contributed by atoms with E-state index in [9.17, 15) is 8.42 Å². The molecule has 1 heterocycles. The minimum absolute atomic E-state index is 0.0929. The molecule has 2 rings (SSSR count). The number of hydrogen-bond donors (Lipinski definition) is 2. The molecule has 0 atom stereocenters. The molecule has 1 aromatic heterocycles. The molecule has 0 amide bonds. The van der Waals surface area contributed by atoms with Crippen molar-refractivity contribution in [1.82, 2.24) is 14.9 Å². The second-order valence-corrected chi connectivity index (χ2v) is 6.84. The molecule has 0 fully saturated rings. The maximum absolute atomic E-state index is 11.8. The first-order valence-corrected chi connectivity index (χ1v) is 8.00. The first kappa shape index (κ1) is 13.9. The van der Waals surface area contributed by atoms with Crippen LogP contribution in [0.4, 0.5) is 5.13 Å². The third-order valence-electron chi connectivity index (χ3n) is 2.43. The van der Waals surface area contributed by atoms with Crippen molar-refractivity contribution in [1.29, 1.82) is 0 Å². The Morgan fingerprint density at radius 1 is 1.21 bits per heavy atom. The van der Waals surface area contributed by atoms with Crippen molar-refractivity contribution in [2.75, 3.05) is 12.3 Å². The number of aromatic nitrogens is 2. The summed E-state index contributed by atoms with van der Waals surface area (Å²) in [6, 6.07) is 9.90. The van der Waals surface area contributed by atoms with E-state index < -0.39 is 10.0 Å². The Bertz CT molecular complexity index is 625. The van der Waals surface area contributed by atoms with E-state index in [2.05, 4.69) is 14.9 Å². The standard InChI is InChI=1S/C11H14N4O2S2/c12-10-14-15-11(18-10)19(16,17)13-8-4-7-9-5-2-1-3-6-9/h1-3,5-6,13H,4,7-8H2,(H2,12,14). The van der Waals surface area contributed by atoms with Gasteiger partial charge in [-0.1, -0.05) is 41.7 Å². The SMILES string of the molecule is Nc1nnc(S(=O)(=O)NCCCc2ccccc2)s1. The van der Waals surface area contributed by atoms with Crippen LogP contribution in [0.2, 0.25) is 0 Å². The number of aryl methyl sites for hydroxylation is 1. The molecule has 6 nitrogen and oxygen atoms in total. The zero-order valence-electron chi connectivity index (χ0n) is 10.1. The lowest BCUT2D eigenvalue weighted by Gasteiger charge is -2.03.